The standard InChI is InChI=1S/C20H19FN4O2/c21-16-6-2-1-5-15(16)13-18(26)25-11-8-14(9-12-25)19-23-24-20(27-19)17-7-3-4-10-22-17/h1-7,10,14H,8-9,11-13H2. The van der Waals surface area contributed by atoms with Gasteiger partial charge >= 0.3 is 0 Å². The third-order valence-corrected chi connectivity index (χ3v) is 4.82. The molecule has 0 bridgehead atoms. The third-order valence-electron chi connectivity index (χ3n) is 4.82. The fourth-order valence-corrected chi connectivity index (χ4v) is 3.28. The van der Waals surface area contributed by atoms with Gasteiger partial charge < -0.3 is 9.32 Å². The Morgan fingerprint density at radius 3 is 2.63 bits per heavy atom. The SMILES string of the molecule is O=C(Cc1ccccc1F)N1CCC(c2nnc(-c3ccccn3)o2)CC1. The monoisotopic (exact) mass is 366 g/mol. The predicted octanol–water partition coefficient (Wildman–Crippen LogP) is 3.22. The van der Waals surface area contributed by atoms with Crippen LogP contribution in [0.5, 0.6) is 0 Å². The van der Waals surface area contributed by atoms with Crippen molar-refractivity contribution < 1.29 is 13.6 Å². The first-order valence-corrected chi connectivity index (χ1v) is 8.96. The van der Waals surface area contributed by atoms with Crippen LogP contribution in [0, 0.1) is 5.82 Å². The van der Waals surface area contributed by atoms with Gasteiger partial charge in [-0.3, -0.25) is 9.78 Å². The van der Waals surface area contributed by atoms with Gasteiger partial charge in [0.15, 0.2) is 0 Å². The molecule has 0 unspecified atom stereocenters. The van der Waals surface area contributed by atoms with Crippen molar-refractivity contribution in [3.05, 3.63) is 65.9 Å². The predicted molar refractivity (Wildman–Crippen MR) is 96.2 cm³/mol. The highest BCUT2D eigenvalue weighted by Crippen LogP contribution is 2.29. The Hall–Kier alpha value is -3.09. The zero-order valence-electron chi connectivity index (χ0n) is 14.7. The molecule has 3 heterocycles. The van der Waals surface area contributed by atoms with Gasteiger partial charge in [0.1, 0.15) is 11.5 Å². The minimum atomic E-state index is -0.339. The van der Waals surface area contributed by atoms with E-state index in [1.165, 1.54) is 6.07 Å². The zero-order chi connectivity index (χ0) is 18.6. The number of amides is 1. The van der Waals surface area contributed by atoms with Crippen LogP contribution in [-0.4, -0.2) is 39.1 Å². The van der Waals surface area contributed by atoms with Crippen LogP contribution in [0.15, 0.2) is 53.1 Å². The van der Waals surface area contributed by atoms with E-state index in [0.29, 0.717) is 36.1 Å². The Morgan fingerprint density at radius 1 is 1.11 bits per heavy atom. The number of carbonyl (C=O) groups excluding carboxylic acids is 1. The second kappa shape index (κ2) is 7.65. The van der Waals surface area contributed by atoms with Gasteiger partial charge in [-0.2, -0.15) is 0 Å². The smallest absolute Gasteiger partial charge is 0.266 e. The van der Waals surface area contributed by atoms with Gasteiger partial charge in [0.25, 0.3) is 5.89 Å². The number of carbonyl (C=O) groups is 1. The molecule has 1 fully saturated rings. The van der Waals surface area contributed by atoms with Crippen molar-refractivity contribution in [2.24, 2.45) is 0 Å². The molecule has 0 N–H and O–H groups in total. The molecule has 1 aliphatic heterocycles. The number of hydrogen-bond donors (Lipinski definition) is 0. The summed E-state index contributed by atoms with van der Waals surface area (Å²) in [6.45, 7) is 1.19. The number of hydrogen-bond acceptors (Lipinski definition) is 5. The summed E-state index contributed by atoms with van der Waals surface area (Å²) in [6.07, 6.45) is 3.25. The van der Waals surface area contributed by atoms with Crippen LogP contribution in [0.3, 0.4) is 0 Å². The summed E-state index contributed by atoms with van der Waals surface area (Å²) in [5.74, 6) is 0.708. The summed E-state index contributed by atoms with van der Waals surface area (Å²) in [5.41, 5.74) is 1.08. The number of piperidine rings is 1. The summed E-state index contributed by atoms with van der Waals surface area (Å²) in [4.78, 5) is 18.4. The van der Waals surface area contributed by atoms with E-state index in [2.05, 4.69) is 15.2 Å². The molecular formula is C20H19FN4O2. The van der Waals surface area contributed by atoms with Crippen molar-refractivity contribution in [3.8, 4) is 11.6 Å². The van der Waals surface area contributed by atoms with E-state index in [4.69, 9.17) is 4.42 Å². The van der Waals surface area contributed by atoms with Crippen molar-refractivity contribution in [2.75, 3.05) is 13.1 Å². The van der Waals surface area contributed by atoms with Gasteiger partial charge in [0.05, 0.1) is 6.42 Å². The Morgan fingerprint density at radius 2 is 1.89 bits per heavy atom. The summed E-state index contributed by atoms with van der Waals surface area (Å²) in [5, 5.41) is 8.24. The van der Waals surface area contributed by atoms with Crippen molar-refractivity contribution >= 4 is 5.91 Å². The molecule has 1 aliphatic rings. The molecule has 0 aliphatic carbocycles. The minimum absolute atomic E-state index is 0.0572. The van der Waals surface area contributed by atoms with Crippen molar-refractivity contribution in [3.63, 3.8) is 0 Å². The molecule has 1 saturated heterocycles. The largest absolute Gasteiger partial charge is 0.419 e. The average Bonchev–Trinajstić information content (AvgIpc) is 3.21. The fourth-order valence-electron chi connectivity index (χ4n) is 3.28. The molecule has 0 atom stereocenters. The highest BCUT2D eigenvalue weighted by Gasteiger charge is 2.27. The fraction of sp³-hybridized carbons (Fsp3) is 0.300. The number of halogens is 1. The third kappa shape index (κ3) is 3.86. The quantitative estimate of drug-likeness (QED) is 0.709. The Bertz CT molecular complexity index is 920. The second-order valence-corrected chi connectivity index (χ2v) is 6.58. The molecule has 0 radical (unpaired) electrons. The minimum Gasteiger partial charge on any atom is -0.419 e. The first-order valence-electron chi connectivity index (χ1n) is 8.96. The van der Waals surface area contributed by atoms with E-state index in [1.807, 2.05) is 18.2 Å². The number of likely N-dealkylation sites (tertiary alicyclic amines) is 1. The Balaban J connectivity index is 1.36. The molecule has 2 aromatic heterocycles. The molecule has 1 aromatic carbocycles. The number of nitrogens with zero attached hydrogens (tertiary/aromatic N) is 4. The number of aromatic nitrogens is 3. The van der Waals surface area contributed by atoms with Crippen molar-refractivity contribution in [1.29, 1.82) is 0 Å². The molecule has 1 amide bonds. The van der Waals surface area contributed by atoms with Gasteiger partial charge in [-0.25, -0.2) is 4.39 Å². The second-order valence-electron chi connectivity index (χ2n) is 6.58. The number of rotatable bonds is 4. The van der Waals surface area contributed by atoms with Crippen LogP contribution in [0.2, 0.25) is 0 Å². The van der Waals surface area contributed by atoms with E-state index in [1.54, 1.807) is 29.3 Å². The van der Waals surface area contributed by atoms with Gasteiger partial charge in [0, 0.05) is 25.2 Å². The molecule has 27 heavy (non-hydrogen) atoms. The molecule has 138 valence electrons. The summed E-state index contributed by atoms with van der Waals surface area (Å²) in [7, 11) is 0. The molecular weight excluding hydrogens is 347 g/mol. The van der Waals surface area contributed by atoms with Gasteiger partial charge in [-0.1, -0.05) is 24.3 Å². The lowest BCUT2D eigenvalue weighted by Gasteiger charge is -2.30. The normalized spacial score (nSPS) is 15.1. The molecule has 0 saturated carbocycles. The Labute approximate surface area is 156 Å². The lowest BCUT2D eigenvalue weighted by molar-refractivity contribution is -0.131. The van der Waals surface area contributed by atoms with Crippen LogP contribution in [-0.2, 0) is 11.2 Å². The van der Waals surface area contributed by atoms with Gasteiger partial charge in [-0.05, 0) is 36.6 Å². The van der Waals surface area contributed by atoms with Crippen LogP contribution in [0.25, 0.3) is 11.6 Å². The first-order chi connectivity index (χ1) is 13.2. The first kappa shape index (κ1) is 17.3. The summed E-state index contributed by atoms with van der Waals surface area (Å²) >= 11 is 0. The summed E-state index contributed by atoms with van der Waals surface area (Å²) in [6, 6.07) is 11.9. The van der Waals surface area contributed by atoms with Crippen LogP contribution in [0.4, 0.5) is 4.39 Å². The Kier molecular flexibility index (Phi) is 4.91. The summed E-state index contributed by atoms with van der Waals surface area (Å²) < 4.78 is 19.5. The highest BCUT2D eigenvalue weighted by molar-refractivity contribution is 5.79. The van der Waals surface area contributed by atoms with Crippen LogP contribution >= 0.6 is 0 Å². The molecule has 4 rings (SSSR count). The maximum absolute atomic E-state index is 13.7. The van der Waals surface area contributed by atoms with E-state index in [9.17, 15) is 9.18 Å². The molecule has 3 aromatic rings. The zero-order valence-corrected chi connectivity index (χ0v) is 14.7. The molecule has 0 spiro atoms. The van der Waals surface area contributed by atoms with Crippen molar-refractivity contribution in [1.82, 2.24) is 20.1 Å². The van der Waals surface area contributed by atoms with E-state index in [0.717, 1.165) is 12.8 Å². The topological polar surface area (TPSA) is 72.1 Å². The lowest BCUT2D eigenvalue weighted by atomic mass is 9.96. The van der Waals surface area contributed by atoms with Crippen LogP contribution < -0.4 is 0 Å². The van der Waals surface area contributed by atoms with Crippen LogP contribution in [0.1, 0.15) is 30.2 Å². The molecule has 7 heteroatoms. The highest BCUT2D eigenvalue weighted by atomic mass is 19.1. The van der Waals surface area contributed by atoms with Gasteiger partial charge in [0.2, 0.25) is 11.8 Å². The van der Waals surface area contributed by atoms with Crippen molar-refractivity contribution in [2.45, 2.75) is 25.2 Å². The number of benzene rings is 1. The van der Waals surface area contributed by atoms with Gasteiger partial charge in [-0.15, -0.1) is 10.2 Å². The maximum atomic E-state index is 13.7. The maximum Gasteiger partial charge on any atom is 0.266 e. The lowest BCUT2D eigenvalue weighted by Crippen LogP contribution is -2.39. The molecule has 6 nitrogen and oxygen atoms in total. The van der Waals surface area contributed by atoms with E-state index in [-0.39, 0.29) is 24.1 Å². The average molecular weight is 366 g/mol. The van der Waals surface area contributed by atoms with E-state index >= 15 is 0 Å². The van der Waals surface area contributed by atoms with E-state index < -0.39 is 0 Å². The number of pyridine rings is 1.